The number of esters is 1. The van der Waals surface area contributed by atoms with E-state index < -0.39 is 0 Å². The smallest absolute Gasteiger partial charge is 0.325 e. The quantitative estimate of drug-likeness (QED) is 0.754. The molecule has 6 heteroatoms. The van der Waals surface area contributed by atoms with E-state index in [1.807, 2.05) is 13.8 Å². The monoisotopic (exact) mass is 257 g/mol. The van der Waals surface area contributed by atoms with Gasteiger partial charge in [0.05, 0.1) is 24.0 Å². The molecule has 0 atom stereocenters. The zero-order valence-corrected chi connectivity index (χ0v) is 10.9. The van der Waals surface area contributed by atoms with Gasteiger partial charge >= 0.3 is 5.97 Å². The maximum absolute atomic E-state index is 11.5. The molecule has 0 unspecified atom stereocenters. The van der Waals surface area contributed by atoms with Crippen LogP contribution in [0.3, 0.4) is 0 Å². The van der Waals surface area contributed by atoms with Gasteiger partial charge in [-0.1, -0.05) is 11.6 Å². The highest BCUT2D eigenvalue weighted by Crippen LogP contribution is 2.13. The predicted octanol–water partition coefficient (Wildman–Crippen LogP) is 1.91. The molecule has 1 rings (SSSR count). The number of nitrogens with zero attached hydrogens (tertiary/aromatic N) is 3. The molecular formula is C11H16ClN3O2. The minimum Gasteiger partial charge on any atom is -0.465 e. The Morgan fingerprint density at radius 2 is 2.06 bits per heavy atom. The Balaban J connectivity index is 2.79. The summed E-state index contributed by atoms with van der Waals surface area (Å²) in [4.78, 5) is 21.4. The van der Waals surface area contributed by atoms with Crippen molar-refractivity contribution in [3.05, 3.63) is 17.4 Å². The number of hydrogen-bond donors (Lipinski definition) is 0. The fourth-order valence-corrected chi connectivity index (χ4v) is 1.38. The molecule has 0 N–H and O–H groups in total. The molecule has 0 bridgehead atoms. The van der Waals surface area contributed by atoms with E-state index in [1.54, 1.807) is 11.8 Å². The van der Waals surface area contributed by atoms with E-state index in [0.717, 1.165) is 0 Å². The van der Waals surface area contributed by atoms with Gasteiger partial charge in [-0.25, -0.2) is 9.97 Å². The van der Waals surface area contributed by atoms with Gasteiger partial charge in [-0.2, -0.15) is 0 Å². The topological polar surface area (TPSA) is 55.3 Å². The minimum atomic E-state index is -0.292. The van der Waals surface area contributed by atoms with Gasteiger partial charge < -0.3 is 9.64 Å². The number of hydrogen-bond acceptors (Lipinski definition) is 5. The van der Waals surface area contributed by atoms with Gasteiger partial charge in [-0.05, 0) is 20.8 Å². The summed E-state index contributed by atoms with van der Waals surface area (Å²) in [6, 6.07) is 0.0978. The zero-order valence-electron chi connectivity index (χ0n) is 10.2. The average Bonchev–Trinajstić information content (AvgIpc) is 2.27. The van der Waals surface area contributed by atoms with Crippen molar-refractivity contribution in [3.8, 4) is 0 Å². The second-order valence-electron chi connectivity index (χ2n) is 3.73. The number of carbonyl (C=O) groups excluding carboxylic acids is 1. The van der Waals surface area contributed by atoms with Gasteiger partial charge in [0.15, 0.2) is 0 Å². The van der Waals surface area contributed by atoms with Crippen LogP contribution in [0.25, 0.3) is 0 Å². The summed E-state index contributed by atoms with van der Waals surface area (Å²) in [6.07, 6.45) is 3.01. The molecule has 1 aromatic heterocycles. The van der Waals surface area contributed by atoms with Crippen LogP contribution in [0.2, 0.25) is 5.02 Å². The van der Waals surface area contributed by atoms with Crippen molar-refractivity contribution in [1.82, 2.24) is 9.97 Å². The third-order valence-electron chi connectivity index (χ3n) is 2.09. The first-order chi connectivity index (χ1) is 8.04. The molecule has 0 radical (unpaired) electrons. The highest BCUT2D eigenvalue weighted by Gasteiger charge is 2.17. The number of carbonyl (C=O) groups is 1. The summed E-state index contributed by atoms with van der Waals surface area (Å²) in [6.45, 7) is 6.18. The molecule has 0 aliphatic carbocycles. The van der Waals surface area contributed by atoms with Crippen LogP contribution in [0.1, 0.15) is 20.8 Å². The molecule has 0 saturated heterocycles. The highest BCUT2D eigenvalue weighted by molar-refractivity contribution is 6.30. The van der Waals surface area contributed by atoms with Crippen LogP contribution >= 0.6 is 11.6 Å². The van der Waals surface area contributed by atoms with Crippen molar-refractivity contribution in [3.63, 3.8) is 0 Å². The maximum Gasteiger partial charge on any atom is 0.325 e. The van der Waals surface area contributed by atoms with Gasteiger partial charge in [-0.3, -0.25) is 4.79 Å². The molecule has 1 aromatic rings. The first kappa shape index (κ1) is 13.7. The molecule has 0 saturated carbocycles. The molecule has 0 aliphatic heterocycles. The molecule has 1 heterocycles. The van der Waals surface area contributed by atoms with Crippen molar-refractivity contribution in [1.29, 1.82) is 0 Å². The Morgan fingerprint density at radius 1 is 1.47 bits per heavy atom. The van der Waals surface area contributed by atoms with Crippen LogP contribution in [0.5, 0.6) is 0 Å². The summed E-state index contributed by atoms with van der Waals surface area (Å²) >= 11 is 5.72. The van der Waals surface area contributed by atoms with Crippen LogP contribution in [0.15, 0.2) is 12.4 Å². The Hall–Kier alpha value is -1.36. The lowest BCUT2D eigenvalue weighted by Gasteiger charge is -2.25. The molecular weight excluding hydrogens is 242 g/mol. The van der Waals surface area contributed by atoms with Gasteiger partial charge in [0.1, 0.15) is 6.54 Å². The first-order valence-electron chi connectivity index (χ1n) is 5.44. The first-order valence-corrected chi connectivity index (χ1v) is 5.82. The maximum atomic E-state index is 11.5. The van der Waals surface area contributed by atoms with E-state index >= 15 is 0 Å². The molecule has 5 nitrogen and oxygen atoms in total. The number of halogens is 1. The second-order valence-corrected chi connectivity index (χ2v) is 4.16. The van der Waals surface area contributed by atoms with Crippen LogP contribution in [0.4, 0.5) is 5.95 Å². The van der Waals surface area contributed by atoms with E-state index in [0.29, 0.717) is 17.6 Å². The van der Waals surface area contributed by atoms with Crippen molar-refractivity contribution < 1.29 is 9.53 Å². The van der Waals surface area contributed by atoms with Crippen molar-refractivity contribution in [2.45, 2.75) is 26.8 Å². The highest BCUT2D eigenvalue weighted by atomic mass is 35.5. The molecule has 0 amide bonds. The van der Waals surface area contributed by atoms with E-state index in [2.05, 4.69) is 9.97 Å². The zero-order chi connectivity index (χ0) is 12.8. The van der Waals surface area contributed by atoms with Crippen LogP contribution < -0.4 is 4.90 Å². The number of ether oxygens (including phenoxy) is 1. The van der Waals surface area contributed by atoms with Gasteiger partial charge in [0.2, 0.25) is 5.95 Å². The molecule has 0 fully saturated rings. The van der Waals surface area contributed by atoms with Gasteiger partial charge in [0.25, 0.3) is 0 Å². The molecule has 0 aromatic carbocycles. The van der Waals surface area contributed by atoms with Crippen molar-refractivity contribution in [2.75, 3.05) is 18.1 Å². The Labute approximate surface area is 106 Å². The largest absolute Gasteiger partial charge is 0.465 e. The van der Waals surface area contributed by atoms with E-state index in [-0.39, 0.29) is 18.6 Å². The molecule has 0 aliphatic rings. The summed E-state index contributed by atoms with van der Waals surface area (Å²) in [7, 11) is 0. The molecule has 94 valence electrons. The minimum absolute atomic E-state index is 0.0978. The summed E-state index contributed by atoms with van der Waals surface area (Å²) in [5.41, 5.74) is 0. The summed E-state index contributed by atoms with van der Waals surface area (Å²) in [5, 5.41) is 0.466. The van der Waals surface area contributed by atoms with Gasteiger partial charge in [-0.15, -0.1) is 0 Å². The molecule has 17 heavy (non-hydrogen) atoms. The van der Waals surface area contributed by atoms with Crippen molar-refractivity contribution >= 4 is 23.5 Å². The van der Waals surface area contributed by atoms with Crippen molar-refractivity contribution in [2.24, 2.45) is 0 Å². The van der Waals surface area contributed by atoms with Crippen LogP contribution in [0, 0.1) is 0 Å². The van der Waals surface area contributed by atoms with E-state index in [1.165, 1.54) is 12.4 Å². The Bertz CT molecular complexity index is 367. The lowest BCUT2D eigenvalue weighted by molar-refractivity contribution is -0.141. The molecule has 0 spiro atoms. The number of aromatic nitrogens is 2. The van der Waals surface area contributed by atoms with Crippen LogP contribution in [-0.2, 0) is 9.53 Å². The SMILES string of the molecule is CCOC(=O)CN(c1ncc(Cl)cn1)C(C)C. The normalized spacial score (nSPS) is 10.4. The van der Waals surface area contributed by atoms with Crippen LogP contribution in [-0.4, -0.2) is 35.1 Å². The fraction of sp³-hybridized carbons (Fsp3) is 0.545. The standard InChI is InChI=1S/C11H16ClN3O2/c1-4-17-10(16)7-15(8(2)3)11-13-5-9(12)6-14-11/h5-6,8H,4,7H2,1-3H3. The van der Waals surface area contributed by atoms with Gasteiger partial charge in [0, 0.05) is 6.04 Å². The van der Waals surface area contributed by atoms with E-state index in [9.17, 15) is 4.79 Å². The van der Waals surface area contributed by atoms with E-state index in [4.69, 9.17) is 16.3 Å². The average molecular weight is 258 g/mol. The number of rotatable bonds is 5. The summed E-state index contributed by atoms with van der Waals surface area (Å²) in [5.74, 6) is 0.178. The third kappa shape index (κ3) is 4.19. The Kier molecular flexibility index (Phi) is 5.15. The predicted molar refractivity (Wildman–Crippen MR) is 66.2 cm³/mol. The fourth-order valence-electron chi connectivity index (χ4n) is 1.28. The Morgan fingerprint density at radius 3 is 2.53 bits per heavy atom. The second kappa shape index (κ2) is 6.39. The lowest BCUT2D eigenvalue weighted by atomic mass is 10.3. The third-order valence-corrected chi connectivity index (χ3v) is 2.29. The summed E-state index contributed by atoms with van der Waals surface area (Å²) < 4.78 is 4.91. The number of anilines is 1. The lowest BCUT2D eigenvalue weighted by Crippen LogP contribution is -2.37.